The van der Waals surface area contributed by atoms with Crippen LogP contribution in [0.25, 0.3) is 0 Å². The number of hydrogen-bond donors (Lipinski definition) is 2. The summed E-state index contributed by atoms with van der Waals surface area (Å²) >= 11 is 0. The third kappa shape index (κ3) is 3.21. The Morgan fingerprint density at radius 3 is 2.80 bits per heavy atom. The highest BCUT2D eigenvalue weighted by molar-refractivity contribution is 5.82. The van der Waals surface area contributed by atoms with Crippen molar-refractivity contribution in [3.05, 3.63) is 0 Å². The van der Waals surface area contributed by atoms with Gasteiger partial charge in [-0.2, -0.15) is 5.26 Å². The van der Waals surface area contributed by atoms with Crippen molar-refractivity contribution in [2.24, 2.45) is 11.3 Å². The van der Waals surface area contributed by atoms with Gasteiger partial charge in [-0.1, -0.05) is 6.92 Å². The van der Waals surface area contributed by atoms with E-state index in [-0.39, 0.29) is 11.9 Å². The molecule has 0 spiro atoms. The van der Waals surface area contributed by atoms with Crippen LogP contribution < -0.4 is 10.6 Å². The number of nitriles is 1. The lowest BCUT2D eigenvalue weighted by molar-refractivity contribution is -0.123. The van der Waals surface area contributed by atoms with Crippen LogP contribution in [0.2, 0.25) is 0 Å². The van der Waals surface area contributed by atoms with Gasteiger partial charge in [-0.05, 0) is 32.7 Å². The van der Waals surface area contributed by atoms with Crippen molar-refractivity contribution in [3.63, 3.8) is 0 Å². The average Bonchev–Trinajstić information content (AvgIpc) is 2.61. The van der Waals surface area contributed by atoms with Crippen LogP contribution in [0.3, 0.4) is 0 Å². The normalized spacial score (nSPS) is 26.0. The maximum Gasteiger partial charge on any atom is 0.237 e. The topological polar surface area (TPSA) is 64.9 Å². The van der Waals surface area contributed by atoms with Crippen LogP contribution in [0, 0.1) is 22.7 Å². The quantitative estimate of drug-likeness (QED) is 0.717. The molecular weight excluding hydrogens is 190 g/mol. The van der Waals surface area contributed by atoms with Crippen molar-refractivity contribution in [1.29, 1.82) is 5.26 Å². The Balaban J connectivity index is 2.40. The summed E-state index contributed by atoms with van der Waals surface area (Å²) in [5, 5.41) is 14.8. The Labute approximate surface area is 91.0 Å². The van der Waals surface area contributed by atoms with Crippen molar-refractivity contribution in [2.75, 3.05) is 13.1 Å². The van der Waals surface area contributed by atoms with E-state index >= 15 is 0 Å². The first-order chi connectivity index (χ1) is 6.96. The molecule has 15 heavy (non-hydrogen) atoms. The third-order valence-corrected chi connectivity index (χ3v) is 2.82. The number of rotatable bonds is 3. The van der Waals surface area contributed by atoms with Gasteiger partial charge in [0.05, 0.1) is 17.5 Å². The Hall–Kier alpha value is -1.08. The molecule has 1 saturated heterocycles. The first-order valence-electron chi connectivity index (χ1n) is 5.38. The van der Waals surface area contributed by atoms with Crippen molar-refractivity contribution < 1.29 is 4.79 Å². The van der Waals surface area contributed by atoms with E-state index < -0.39 is 5.41 Å². The molecule has 1 rings (SSSR count). The average molecular weight is 209 g/mol. The lowest BCUT2D eigenvalue weighted by Gasteiger charge is -2.20. The van der Waals surface area contributed by atoms with Crippen LogP contribution in [-0.2, 0) is 4.79 Å². The van der Waals surface area contributed by atoms with E-state index in [4.69, 9.17) is 5.26 Å². The zero-order valence-electron chi connectivity index (χ0n) is 9.63. The summed E-state index contributed by atoms with van der Waals surface area (Å²) in [5.74, 6) is 0.401. The molecule has 1 amide bonds. The van der Waals surface area contributed by atoms with Crippen molar-refractivity contribution in [2.45, 2.75) is 33.2 Å². The highest BCUT2D eigenvalue weighted by atomic mass is 16.2. The highest BCUT2D eigenvalue weighted by Crippen LogP contribution is 2.15. The minimum Gasteiger partial charge on any atom is -0.353 e. The van der Waals surface area contributed by atoms with E-state index in [1.54, 1.807) is 0 Å². The van der Waals surface area contributed by atoms with Crippen LogP contribution in [-0.4, -0.2) is 25.0 Å². The smallest absolute Gasteiger partial charge is 0.237 e. The molecule has 0 saturated carbocycles. The Kier molecular flexibility index (Phi) is 3.70. The molecule has 84 valence electrons. The van der Waals surface area contributed by atoms with E-state index in [9.17, 15) is 4.79 Å². The summed E-state index contributed by atoms with van der Waals surface area (Å²) in [6.45, 7) is 7.02. The molecule has 4 heteroatoms. The zero-order chi connectivity index (χ0) is 11.5. The van der Waals surface area contributed by atoms with Crippen LogP contribution in [0.1, 0.15) is 27.2 Å². The summed E-state index contributed by atoms with van der Waals surface area (Å²) < 4.78 is 0. The molecule has 4 nitrogen and oxygen atoms in total. The summed E-state index contributed by atoms with van der Waals surface area (Å²) in [6, 6.07) is 2.08. The number of carbonyl (C=O) groups is 1. The van der Waals surface area contributed by atoms with Crippen LogP contribution in [0.4, 0.5) is 0 Å². The highest BCUT2D eigenvalue weighted by Gasteiger charge is 2.30. The molecule has 1 fully saturated rings. The molecule has 1 aliphatic heterocycles. The van der Waals surface area contributed by atoms with Crippen molar-refractivity contribution in [3.8, 4) is 6.07 Å². The van der Waals surface area contributed by atoms with Gasteiger partial charge >= 0.3 is 0 Å². The molecule has 0 aromatic rings. The Bertz CT molecular complexity index is 280. The number of hydrogen-bond acceptors (Lipinski definition) is 3. The number of nitrogens with zero attached hydrogens (tertiary/aromatic N) is 1. The molecular formula is C11H19N3O. The van der Waals surface area contributed by atoms with Crippen LogP contribution in [0.5, 0.6) is 0 Å². The van der Waals surface area contributed by atoms with E-state index in [0.717, 1.165) is 13.0 Å². The Morgan fingerprint density at radius 2 is 2.33 bits per heavy atom. The van der Waals surface area contributed by atoms with Gasteiger partial charge in [-0.25, -0.2) is 0 Å². The fourth-order valence-electron chi connectivity index (χ4n) is 1.64. The van der Waals surface area contributed by atoms with E-state index in [1.165, 1.54) is 0 Å². The second-order valence-electron chi connectivity index (χ2n) is 4.91. The zero-order valence-corrected chi connectivity index (χ0v) is 9.63. The summed E-state index contributed by atoms with van der Waals surface area (Å²) in [6.07, 6.45) is 1.04. The van der Waals surface area contributed by atoms with Gasteiger partial charge in [0.2, 0.25) is 5.91 Å². The monoisotopic (exact) mass is 209 g/mol. The molecule has 2 N–H and O–H groups in total. The van der Waals surface area contributed by atoms with E-state index in [0.29, 0.717) is 12.5 Å². The van der Waals surface area contributed by atoms with Crippen LogP contribution >= 0.6 is 0 Å². The maximum atomic E-state index is 11.7. The maximum absolute atomic E-state index is 11.7. The minimum absolute atomic E-state index is 0.0170. The number of nitrogens with one attached hydrogen (secondary N) is 2. The molecule has 2 unspecified atom stereocenters. The van der Waals surface area contributed by atoms with Gasteiger partial charge in [0.15, 0.2) is 0 Å². The first-order valence-corrected chi connectivity index (χ1v) is 5.38. The van der Waals surface area contributed by atoms with Gasteiger partial charge in [0, 0.05) is 6.54 Å². The number of amides is 1. The fourth-order valence-corrected chi connectivity index (χ4v) is 1.64. The lowest BCUT2D eigenvalue weighted by atomic mass is 9.95. The molecule has 0 radical (unpaired) electrons. The van der Waals surface area contributed by atoms with Crippen LogP contribution in [0.15, 0.2) is 0 Å². The minimum atomic E-state index is -0.489. The second-order valence-corrected chi connectivity index (χ2v) is 4.91. The third-order valence-electron chi connectivity index (χ3n) is 2.82. The summed E-state index contributed by atoms with van der Waals surface area (Å²) in [5.41, 5.74) is -0.489. The van der Waals surface area contributed by atoms with Gasteiger partial charge in [-0.3, -0.25) is 4.79 Å². The lowest BCUT2D eigenvalue weighted by Crippen LogP contribution is -2.45. The summed E-state index contributed by atoms with van der Waals surface area (Å²) in [7, 11) is 0. The molecule has 2 atom stereocenters. The number of carbonyl (C=O) groups excluding carboxylic acids is 1. The standard InChI is InChI=1S/C11H19N3O/c1-8-4-5-13-9(8)10(15)14-7-11(2,3)6-12/h8-9,13H,4-5,7H2,1-3H3,(H,14,15). The molecule has 0 aromatic carbocycles. The molecule has 1 heterocycles. The van der Waals surface area contributed by atoms with Crippen molar-refractivity contribution >= 4 is 5.91 Å². The fraction of sp³-hybridized carbons (Fsp3) is 0.818. The van der Waals surface area contributed by atoms with Gasteiger partial charge in [0.25, 0.3) is 0 Å². The van der Waals surface area contributed by atoms with Gasteiger partial charge in [-0.15, -0.1) is 0 Å². The molecule has 0 bridgehead atoms. The van der Waals surface area contributed by atoms with E-state index in [1.807, 2.05) is 13.8 Å². The van der Waals surface area contributed by atoms with Gasteiger partial charge < -0.3 is 10.6 Å². The predicted octanol–water partition coefficient (Wildman–Crippen LogP) is 0.650. The van der Waals surface area contributed by atoms with Crippen molar-refractivity contribution in [1.82, 2.24) is 10.6 Å². The molecule has 0 aromatic heterocycles. The van der Waals surface area contributed by atoms with E-state index in [2.05, 4.69) is 23.6 Å². The molecule has 1 aliphatic rings. The summed E-state index contributed by atoms with van der Waals surface area (Å²) in [4.78, 5) is 11.7. The first kappa shape index (κ1) is 12.0. The Morgan fingerprint density at radius 1 is 1.67 bits per heavy atom. The molecule has 0 aliphatic carbocycles. The second kappa shape index (κ2) is 4.63. The predicted molar refractivity (Wildman–Crippen MR) is 58.0 cm³/mol. The van der Waals surface area contributed by atoms with Gasteiger partial charge in [0.1, 0.15) is 0 Å². The SMILES string of the molecule is CC1CCNC1C(=O)NCC(C)(C)C#N. The largest absolute Gasteiger partial charge is 0.353 e.